The molecule has 4 rings (SSSR count). The molecule has 0 saturated heterocycles. The quantitative estimate of drug-likeness (QED) is 0.488. The lowest BCUT2D eigenvalue weighted by molar-refractivity contribution is 0.414. The first kappa shape index (κ1) is 18.7. The van der Waals surface area contributed by atoms with Crippen LogP contribution < -0.4 is 10.1 Å². The Morgan fingerprint density at radius 2 is 2.07 bits per heavy atom. The molecule has 0 bridgehead atoms. The van der Waals surface area contributed by atoms with Crippen LogP contribution in [0.5, 0.6) is 5.75 Å². The third-order valence-corrected chi connectivity index (χ3v) is 4.82. The number of aromatic nitrogens is 4. The number of ether oxygens (including phenoxy) is 1. The lowest BCUT2D eigenvalue weighted by Gasteiger charge is -2.10. The number of fused-ring (bicyclic) bond motifs is 1. The smallest absolute Gasteiger partial charge is 0.156 e. The van der Waals surface area contributed by atoms with Crippen LogP contribution in [0.25, 0.3) is 22.8 Å². The maximum atomic E-state index is 5.33. The molecule has 2 aromatic carbocycles. The van der Waals surface area contributed by atoms with Gasteiger partial charge in [-0.2, -0.15) is 5.10 Å². The monoisotopic (exact) mass is 385 g/mol. The summed E-state index contributed by atoms with van der Waals surface area (Å²) in [6.07, 6.45) is 8.78. The molecule has 1 N–H and O–H groups in total. The fraction of sp³-hybridized carbons (Fsp3) is 0.174. The van der Waals surface area contributed by atoms with Crippen LogP contribution in [-0.2, 0) is 0 Å². The van der Waals surface area contributed by atoms with Gasteiger partial charge in [-0.3, -0.25) is 4.57 Å². The van der Waals surface area contributed by atoms with E-state index in [9.17, 15) is 0 Å². The molecular formula is C23H23N5O. The van der Waals surface area contributed by atoms with Crippen molar-refractivity contribution in [3.8, 4) is 11.4 Å². The van der Waals surface area contributed by atoms with Crippen LogP contribution in [0.15, 0.2) is 61.1 Å². The molecule has 4 aromatic rings. The van der Waals surface area contributed by atoms with E-state index in [1.54, 1.807) is 13.3 Å². The van der Waals surface area contributed by atoms with E-state index < -0.39 is 0 Å². The minimum absolute atomic E-state index is 0.745. The Morgan fingerprint density at radius 1 is 1.17 bits per heavy atom. The number of methoxy groups -OCH3 is 1. The number of nitrogens with zero attached hydrogens (tertiary/aromatic N) is 4. The van der Waals surface area contributed by atoms with E-state index in [-0.39, 0.29) is 0 Å². The Kier molecular flexibility index (Phi) is 5.24. The summed E-state index contributed by atoms with van der Waals surface area (Å²) in [5.41, 5.74) is 5.96. The first-order chi connectivity index (χ1) is 14.2. The summed E-state index contributed by atoms with van der Waals surface area (Å²) in [7, 11) is 1.67. The first-order valence-electron chi connectivity index (χ1n) is 9.57. The predicted molar refractivity (Wildman–Crippen MR) is 117 cm³/mol. The van der Waals surface area contributed by atoms with Gasteiger partial charge in [0, 0.05) is 22.9 Å². The van der Waals surface area contributed by atoms with Crippen LogP contribution in [-0.4, -0.2) is 26.9 Å². The zero-order valence-corrected chi connectivity index (χ0v) is 16.8. The molecule has 146 valence electrons. The molecule has 0 radical (unpaired) electrons. The molecule has 0 aliphatic heterocycles. The van der Waals surface area contributed by atoms with E-state index >= 15 is 0 Å². The summed E-state index contributed by atoms with van der Waals surface area (Å²) in [6.45, 7) is 4.15. The van der Waals surface area contributed by atoms with Crippen LogP contribution in [0, 0.1) is 6.92 Å². The van der Waals surface area contributed by atoms with Crippen LogP contribution in [0.1, 0.15) is 24.5 Å². The molecule has 0 aliphatic carbocycles. The Bertz CT molecular complexity index is 1180. The van der Waals surface area contributed by atoms with Crippen molar-refractivity contribution in [2.45, 2.75) is 20.3 Å². The Morgan fingerprint density at radius 3 is 2.90 bits per heavy atom. The van der Waals surface area contributed by atoms with Crippen LogP contribution in [0.2, 0.25) is 0 Å². The number of imidazole rings is 1. The zero-order chi connectivity index (χ0) is 20.2. The summed E-state index contributed by atoms with van der Waals surface area (Å²) in [5.74, 6) is 1.56. The number of anilines is 2. The van der Waals surface area contributed by atoms with Gasteiger partial charge in [-0.1, -0.05) is 25.1 Å². The fourth-order valence-corrected chi connectivity index (χ4v) is 3.18. The van der Waals surface area contributed by atoms with Gasteiger partial charge < -0.3 is 10.1 Å². The maximum Gasteiger partial charge on any atom is 0.156 e. The molecule has 6 nitrogen and oxygen atoms in total. The molecule has 2 aromatic heterocycles. The lowest BCUT2D eigenvalue weighted by Crippen LogP contribution is -2.00. The van der Waals surface area contributed by atoms with Gasteiger partial charge in [0.15, 0.2) is 5.82 Å². The van der Waals surface area contributed by atoms with Crippen molar-refractivity contribution in [1.29, 1.82) is 0 Å². The molecule has 0 unspecified atom stereocenters. The number of rotatable bonds is 6. The molecule has 0 amide bonds. The number of benzene rings is 2. The largest absolute Gasteiger partial charge is 0.497 e. The Labute approximate surface area is 169 Å². The van der Waals surface area contributed by atoms with Gasteiger partial charge in [0.1, 0.15) is 12.1 Å². The highest BCUT2D eigenvalue weighted by Gasteiger charge is 2.09. The number of allylic oxidation sites excluding steroid dienone is 1. The van der Waals surface area contributed by atoms with Crippen molar-refractivity contribution in [3.05, 3.63) is 72.2 Å². The predicted octanol–water partition coefficient (Wildman–Crippen LogP) is 5.30. The number of nitrogens with one attached hydrogen (secondary N) is 1. The molecule has 6 heteroatoms. The zero-order valence-electron chi connectivity index (χ0n) is 16.8. The maximum absolute atomic E-state index is 5.33. The summed E-state index contributed by atoms with van der Waals surface area (Å²) in [5, 5.41) is 11.8. The molecule has 29 heavy (non-hydrogen) atoms. The standard InChI is InChI=1S/C23H23N5O/c1-4-5-7-17-14-25-27-23(16(17)2)26-18-10-11-22-21(12-18)24-15-28(22)19-8-6-9-20(13-19)29-3/h5-15H,4H2,1-3H3,(H,26,27). The average Bonchev–Trinajstić information content (AvgIpc) is 3.17. The van der Waals surface area contributed by atoms with Crippen LogP contribution >= 0.6 is 0 Å². The SMILES string of the molecule is CCC=Cc1cnnc(Nc2ccc3c(c2)ncn3-c2cccc(OC)c2)c1C. The second-order valence-corrected chi connectivity index (χ2v) is 6.73. The highest BCUT2D eigenvalue weighted by atomic mass is 16.5. The van der Waals surface area contributed by atoms with E-state index in [0.29, 0.717) is 0 Å². The molecule has 0 atom stereocenters. The molecular weight excluding hydrogens is 362 g/mol. The third kappa shape index (κ3) is 3.82. The van der Waals surface area contributed by atoms with Crippen LogP contribution in [0.3, 0.4) is 0 Å². The normalized spacial score (nSPS) is 11.3. The summed E-state index contributed by atoms with van der Waals surface area (Å²) < 4.78 is 7.38. The van der Waals surface area contributed by atoms with Crippen molar-refractivity contribution >= 4 is 28.6 Å². The molecule has 0 fully saturated rings. The second kappa shape index (κ2) is 8.14. The van der Waals surface area contributed by atoms with Gasteiger partial charge in [0.25, 0.3) is 0 Å². The van der Waals surface area contributed by atoms with E-state index in [2.05, 4.69) is 39.6 Å². The van der Waals surface area contributed by atoms with E-state index in [4.69, 9.17) is 4.74 Å². The highest BCUT2D eigenvalue weighted by Crippen LogP contribution is 2.26. The van der Waals surface area contributed by atoms with Gasteiger partial charge in [-0.05, 0) is 43.7 Å². The van der Waals surface area contributed by atoms with Gasteiger partial charge in [-0.15, -0.1) is 5.10 Å². The number of hydrogen-bond acceptors (Lipinski definition) is 5. The van der Waals surface area contributed by atoms with Gasteiger partial charge in [0.05, 0.1) is 30.0 Å². The molecule has 0 saturated carbocycles. The van der Waals surface area contributed by atoms with Crippen molar-refractivity contribution in [2.24, 2.45) is 0 Å². The summed E-state index contributed by atoms with van der Waals surface area (Å²) in [4.78, 5) is 4.57. The van der Waals surface area contributed by atoms with E-state index in [0.717, 1.165) is 51.5 Å². The van der Waals surface area contributed by atoms with Gasteiger partial charge >= 0.3 is 0 Å². The second-order valence-electron chi connectivity index (χ2n) is 6.73. The van der Waals surface area contributed by atoms with E-state index in [1.807, 2.05) is 60.3 Å². The molecule has 2 heterocycles. The Hall–Kier alpha value is -3.67. The van der Waals surface area contributed by atoms with Crippen LogP contribution in [0.4, 0.5) is 11.5 Å². The van der Waals surface area contributed by atoms with Crippen molar-refractivity contribution in [2.75, 3.05) is 12.4 Å². The summed E-state index contributed by atoms with van der Waals surface area (Å²) >= 11 is 0. The Balaban J connectivity index is 1.65. The fourth-order valence-electron chi connectivity index (χ4n) is 3.18. The van der Waals surface area contributed by atoms with E-state index in [1.165, 1.54) is 0 Å². The van der Waals surface area contributed by atoms with Gasteiger partial charge in [0.2, 0.25) is 0 Å². The van der Waals surface area contributed by atoms with Crippen molar-refractivity contribution in [1.82, 2.24) is 19.7 Å². The lowest BCUT2D eigenvalue weighted by atomic mass is 10.1. The molecule has 0 spiro atoms. The van der Waals surface area contributed by atoms with Gasteiger partial charge in [-0.25, -0.2) is 4.98 Å². The number of hydrogen-bond donors (Lipinski definition) is 1. The summed E-state index contributed by atoms with van der Waals surface area (Å²) in [6, 6.07) is 14.0. The minimum Gasteiger partial charge on any atom is -0.497 e. The third-order valence-electron chi connectivity index (χ3n) is 4.82. The highest BCUT2D eigenvalue weighted by molar-refractivity contribution is 5.82. The average molecular weight is 385 g/mol. The van der Waals surface area contributed by atoms with Crippen molar-refractivity contribution < 1.29 is 4.74 Å². The van der Waals surface area contributed by atoms with Crippen molar-refractivity contribution in [3.63, 3.8) is 0 Å². The molecule has 0 aliphatic rings. The minimum atomic E-state index is 0.745. The first-order valence-corrected chi connectivity index (χ1v) is 9.57. The topological polar surface area (TPSA) is 64.9 Å².